The number of fused-ring (bicyclic) bond motifs is 2. The van der Waals surface area contributed by atoms with E-state index in [1.54, 1.807) is 28.8 Å². The topological polar surface area (TPSA) is 73.5 Å². The summed E-state index contributed by atoms with van der Waals surface area (Å²) in [5.74, 6) is 0.850. The molecule has 1 N–H and O–H groups in total. The molecule has 0 saturated heterocycles. The maximum absolute atomic E-state index is 13.5. The van der Waals surface area contributed by atoms with Gasteiger partial charge in [0.25, 0.3) is 0 Å². The van der Waals surface area contributed by atoms with Gasteiger partial charge in [0.2, 0.25) is 15.9 Å². The van der Waals surface area contributed by atoms with Crippen LogP contribution < -0.4 is 4.90 Å². The van der Waals surface area contributed by atoms with Crippen LogP contribution in [0, 0.1) is 6.92 Å². The number of nitrogens with zero attached hydrogens (tertiary/aromatic N) is 2. The number of H-pyrrole nitrogens is 1. The lowest BCUT2D eigenvalue weighted by Crippen LogP contribution is -2.35. The Kier molecular flexibility index (Phi) is 5.84. The zero-order chi connectivity index (χ0) is 23.2. The second-order valence-electron chi connectivity index (χ2n) is 8.52. The van der Waals surface area contributed by atoms with Crippen molar-refractivity contribution in [3.63, 3.8) is 0 Å². The van der Waals surface area contributed by atoms with Crippen molar-refractivity contribution in [2.75, 3.05) is 30.3 Å². The number of anilines is 1. The quantitative estimate of drug-likeness (QED) is 0.583. The molecule has 3 aromatic rings. The maximum atomic E-state index is 13.5. The van der Waals surface area contributed by atoms with E-state index in [1.165, 1.54) is 27.8 Å². The number of benzene rings is 2. The number of rotatable bonds is 3. The predicted molar refractivity (Wildman–Crippen MR) is 134 cm³/mol. The van der Waals surface area contributed by atoms with E-state index < -0.39 is 10.0 Å². The molecular weight excluding hydrogens is 454 g/mol. The van der Waals surface area contributed by atoms with Crippen LogP contribution in [0.3, 0.4) is 0 Å². The summed E-state index contributed by atoms with van der Waals surface area (Å²) in [7, 11) is -3.67. The number of aromatic nitrogens is 1. The Labute approximate surface area is 198 Å². The number of aryl methyl sites for hydroxylation is 1. The average molecular weight is 482 g/mol. The third-order valence-corrected chi connectivity index (χ3v) is 9.42. The van der Waals surface area contributed by atoms with Crippen LogP contribution in [0.1, 0.15) is 31.0 Å². The van der Waals surface area contributed by atoms with Crippen LogP contribution >= 0.6 is 11.8 Å². The molecule has 0 atom stereocenters. The van der Waals surface area contributed by atoms with Crippen molar-refractivity contribution in [2.24, 2.45) is 0 Å². The van der Waals surface area contributed by atoms with E-state index in [9.17, 15) is 13.2 Å². The van der Waals surface area contributed by atoms with Crippen molar-refractivity contribution in [1.29, 1.82) is 0 Å². The second kappa shape index (κ2) is 8.66. The summed E-state index contributed by atoms with van der Waals surface area (Å²) < 4.78 is 28.5. The molecular formula is C25H27N3O3S2. The molecule has 0 spiro atoms. The molecule has 0 aliphatic carbocycles. The first-order chi connectivity index (χ1) is 15.9. The van der Waals surface area contributed by atoms with Gasteiger partial charge in [0.15, 0.2) is 0 Å². The molecule has 3 heterocycles. The standard InChI is InChI=1S/C25H27N3O3S2/c1-17-25(21-6-3-4-7-22(21)26-17)19-10-13-27(14-11-19)33(30,31)20-8-9-24-23(16-20)28(18(2)29)12-5-15-32-24/h3-4,6-10,16,26H,5,11-15H2,1-2H3. The number of hydrogen-bond donors (Lipinski definition) is 1. The van der Waals surface area contributed by atoms with Crippen LogP contribution in [-0.4, -0.2) is 49.0 Å². The van der Waals surface area contributed by atoms with Gasteiger partial charge < -0.3 is 9.88 Å². The van der Waals surface area contributed by atoms with Crippen LogP contribution in [0.2, 0.25) is 0 Å². The van der Waals surface area contributed by atoms with E-state index in [4.69, 9.17) is 0 Å². The molecule has 0 saturated carbocycles. The number of hydrogen-bond acceptors (Lipinski definition) is 4. The van der Waals surface area contributed by atoms with E-state index in [0.717, 1.165) is 28.3 Å². The summed E-state index contributed by atoms with van der Waals surface area (Å²) in [4.78, 5) is 18.5. The van der Waals surface area contributed by atoms with Crippen LogP contribution in [0.25, 0.3) is 16.5 Å². The molecule has 0 radical (unpaired) electrons. The fraction of sp³-hybridized carbons (Fsp3) is 0.320. The summed E-state index contributed by atoms with van der Waals surface area (Å²) in [6.07, 6.45) is 3.57. The zero-order valence-electron chi connectivity index (χ0n) is 18.8. The van der Waals surface area contributed by atoms with Crippen molar-refractivity contribution < 1.29 is 13.2 Å². The minimum absolute atomic E-state index is 0.0621. The zero-order valence-corrected chi connectivity index (χ0v) is 20.4. The summed E-state index contributed by atoms with van der Waals surface area (Å²) in [5, 5.41) is 1.17. The molecule has 33 heavy (non-hydrogen) atoms. The van der Waals surface area contributed by atoms with Gasteiger partial charge >= 0.3 is 0 Å². The minimum Gasteiger partial charge on any atom is -0.358 e. The van der Waals surface area contributed by atoms with Crippen molar-refractivity contribution in [3.8, 4) is 0 Å². The first-order valence-corrected chi connectivity index (χ1v) is 13.6. The van der Waals surface area contributed by atoms with Crippen LogP contribution in [-0.2, 0) is 14.8 Å². The van der Waals surface area contributed by atoms with Gasteiger partial charge in [-0.05, 0) is 55.4 Å². The van der Waals surface area contributed by atoms with Crippen LogP contribution in [0.4, 0.5) is 5.69 Å². The predicted octanol–water partition coefficient (Wildman–Crippen LogP) is 4.80. The fourth-order valence-electron chi connectivity index (χ4n) is 4.78. The van der Waals surface area contributed by atoms with E-state index in [2.05, 4.69) is 24.0 Å². The van der Waals surface area contributed by atoms with E-state index >= 15 is 0 Å². The van der Waals surface area contributed by atoms with Crippen LogP contribution in [0.5, 0.6) is 0 Å². The Morgan fingerprint density at radius 1 is 1.12 bits per heavy atom. The molecule has 172 valence electrons. The number of carbonyl (C=O) groups is 1. The molecule has 1 aromatic heterocycles. The van der Waals surface area contributed by atoms with Crippen molar-refractivity contribution >= 4 is 49.9 Å². The maximum Gasteiger partial charge on any atom is 0.243 e. The Morgan fingerprint density at radius 3 is 2.70 bits per heavy atom. The van der Waals surface area contributed by atoms with Gasteiger partial charge in [-0.1, -0.05) is 24.3 Å². The van der Waals surface area contributed by atoms with Crippen molar-refractivity contribution in [1.82, 2.24) is 9.29 Å². The van der Waals surface area contributed by atoms with Crippen molar-refractivity contribution in [2.45, 2.75) is 36.5 Å². The highest BCUT2D eigenvalue weighted by atomic mass is 32.2. The molecule has 0 fully saturated rings. The molecule has 5 rings (SSSR count). The lowest BCUT2D eigenvalue weighted by atomic mass is 9.97. The van der Waals surface area contributed by atoms with E-state index in [-0.39, 0.29) is 10.8 Å². The highest BCUT2D eigenvalue weighted by Gasteiger charge is 2.29. The molecule has 8 heteroatoms. The highest BCUT2D eigenvalue weighted by molar-refractivity contribution is 7.99. The monoisotopic (exact) mass is 481 g/mol. The number of thioether (sulfide) groups is 1. The van der Waals surface area contributed by atoms with Gasteiger partial charge in [0.1, 0.15) is 0 Å². The number of amides is 1. The minimum atomic E-state index is -3.67. The SMILES string of the molecule is CC(=O)N1CCCSc2ccc(S(=O)(=O)N3CC=C(c4c(C)[nH]c5ccccc45)CC3)cc21. The molecule has 0 unspecified atom stereocenters. The smallest absolute Gasteiger partial charge is 0.243 e. The lowest BCUT2D eigenvalue weighted by Gasteiger charge is -2.27. The number of carbonyl (C=O) groups excluding carboxylic acids is 1. The summed E-state index contributed by atoms with van der Waals surface area (Å²) >= 11 is 1.67. The van der Waals surface area contributed by atoms with Gasteiger partial charge in [-0.25, -0.2) is 8.42 Å². The van der Waals surface area contributed by atoms with Gasteiger partial charge in [-0.15, -0.1) is 11.8 Å². The number of para-hydroxylation sites is 1. The van der Waals surface area contributed by atoms with Gasteiger partial charge in [-0.3, -0.25) is 4.79 Å². The molecule has 6 nitrogen and oxygen atoms in total. The van der Waals surface area contributed by atoms with Crippen molar-refractivity contribution in [3.05, 3.63) is 59.8 Å². The Hall–Kier alpha value is -2.55. The summed E-state index contributed by atoms with van der Waals surface area (Å²) in [6, 6.07) is 13.4. The lowest BCUT2D eigenvalue weighted by molar-refractivity contribution is -0.116. The second-order valence-corrected chi connectivity index (χ2v) is 11.6. The Morgan fingerprint density at radius 2 is 1.94 bits per heavy atom. The summed E-state index contributed by atoms with van der Waals surface area (Å²) in [6.45, 7) is 4.96. The number of aromatic amines is 1. The van der Waals surface area contributed by atoms with Gasteiger partial charge in [0, 0.05) is 53.6 Å². The molecule has 1 amide bonds. The third kappa shape index (κ3) is 4.00. The van der Waals surface area contributed by atoms with E-state index in [0.29, 0.717) is 31.7 Å². The third-order valence-electron chi connectivity index (χ3n) is 6.41. The van der Waals surface area contributed by atoms with Gasteiger partial charge in [-0.2, -0.15) is 4.31 Å². The normalized spacial score (nSPS) is 17.5. The van der Waals surface area contributed by atoms with Gasteiger partial charge in [0.05, 0.1) is 10.6 Å². The van der Waals surface area contributed by atoms with Crippen LogP contribution in [0.15, 0.2) is 58.3 Å². The number of sulfonamides is 1. The first-order valence-electron chi connectivity index (χ1n) is 11.2. The average Bonchev–Trinajstić information content (AvgIpc) is 2.99. The molecule has 2 aliphatic heterocycles. The fourth-order valence-corrected chi connectivity index (χ4v) is 7.15. The molecule has 2 aliphatic rings. The highest BCUT2D eigenvalue weighted by Crippen LogP contribution is 2.37. The molecule has 0 bridgehead atoms. The van der Waals surface area contributed by atoms with E-state index in [1.807, 2.05) is 24.3 Å². The Bertz CT molecular complexity index is 1370. The Balaban J connectivity index is 1.45. The first kappa shape index (κ1) is 22.3. The molecule has 2 aromatic carbocycles. The number of nitrogens with one attached hydrogen (secondary N) is 1. The largest absolute Gasteiger partial charge is 0.358 e. The summed E-state index contributed by atoms with van der Waals surface area (Å²) in [5.41, 5.74) is 5.26.